The van der Waals surface area contributed by atoms with Gasteiger partial charge in [0.2, 0.25) is 0 Å². The summed E-state index contributed by atoms with van der Waals surface area (Å²) in [6.45, 7) is 2.97. The van der Waals surface area contributed by atoms with E-state index in [4.69, 9.17) is 9.47 Å². The Morgan fingerprint density at radius 1 is 1.45 bits per heavy atom. The Hall–Kier alpha value is -2.57. The maximum atomic E-state index is 10.9. The van der Waals surface area contributed by atoms with Crippen LogP contribution in [0.4, 0.5) is 5.69 Å². The van der Waals surface area contributed by atoms with Gasteiger partial charge in [0.1, 0.15) is 6.61 Å². The van der Waals surface area contributed by atoms with Crippen molar-refractivity contribution in [2.24, 2.45) is 0 Å². The summed E-state index contributed by atoms with van der Waals surface area (Å²) >= 11 is 0. The summed E-state index contributed by atoms with van der Waals surface area (Å²) < 4.78 is 12.2. The van der Waals surface area contributed by atoms with E-state index in [0.717, 1.165) is 6.54 Å². The number of aromatic nitrogens is 2. The number of ether oxygens (including phenoxy) is 2. The first-order valence-electron chi connectivity index (χ1n) is 6.10. The molecule has 7 nitrogen and oxygen atoms in total. The zero-order chi connectivity index (χ0) is 14.5. The van der Waals surface area contributed by atoms with Gasteiger partial charge in [0.05, 0.1) is 24.4 Å². The first-order valence-corrected chi connectivity index (χ1v) is 6.10. The van der Waals surface area contributed by atoms with Crippen molar-refractivity contribution in [1.29, 1.82) is 0 Å². The molecule has 0 aliphatic carbocycles. The Morgan fingerprint density at radius 3 is 2.85 bits per heavy atom. The van der Waals surface area contributed by atoms with Crippen LogP contribution in [0, 0.1) is 10.1 Å². The smallest absolute Gasteiger partial charge is 0.311 e. The molecule has 1 aromatic heterocycles. The van der Waals surface area contributed by atoms with Crippen molar-refractivity contribution in [1.82, 2.24) is 9.78 Å². The molecule has 0 bridgehead atoms. The molecule has 0 aliphatic heterocycles. The number of nitro benzene ring substituents is 1. The minimum Gasteiger partial charge on any atom is -0.490 e. The van der Waals surface area contributed by atoms with Crippen LogP contribution in [-0.2, 0) is 13.2 Å². The highest BCUT2D eigenvalue weighted by atomic mass is 16.6. The molecule has 0 radical (unpaired) electrons. The third kappa shape index (κ3) is 3.05. The molecule has 20 heavy (non-hydrogen) atoms. The van der Waals surface area contributed by atoms with Crippen LogP contribution in [-0.4, -0.2) is 21.8 Å². The summed E-state index contributed by atoms with van der Waals surface area (Å²) in [7, 11) is 1.40. The summed E-state index contributed by atoms with van der Waals surface area (Å²) in [4.78, 5) is 10.4. The predicted molar refractivity (Wildman–Crippen MR) is 71.9 cm³/mol. The summed E-state index contributed by atoms with van der Waals surface area (Å²) in [5.41, 5.74) is 0.625. The highest BCUT2D eigenvalue weighted by Gasteiger charge is 2.15. The number of rotatable bonds is 6. The van der Waals surface area contributed by atoms with E-state index in [1.807, 2.05) is 6.92 Å². The van der Waals surface area contributed by atoms with Gasteiger partial charge in [0.25, 0.3) is 0 Å². The van der Waals surface area contributed by atoms with Gasteiger partial charge in [-0.1, -0.05) is 6.07 Å². The first-order chi connectivity index (χ1) is 9.63. The first kappa shape index (κ1) is 13.9. The molecule has 0 aliphatic rings. The van der Waals surface area contributed by atoms with Crippen molar-refractivity contribution in [2.45, 2.75) is 20.1 Å². The molecular formula is C13H15N3O4. The second-order valence-electron chi connectivity index (χ2n) is 4.08. The average Bonchev–Trinajstić information content (AvgIpc) is 2.92. The second-order valence-corrected chi connectivity index (χ2v) is 4.08. The quantitative estimate of drug-likeness (QED) is 0.598. The zero-order valence-corrected chi connectivity index (χ0v) is 11.3. The van der Waals surface area contributed by atoms with Crippen LogP contribution in [0.15, 0.2) is 30.6 Å². The third-order valence-electron chi connectivity index (χ3n) is 2.78. The SMILES string of the molecule is CCn1cc(OCc2ccc(OC)c([N+](=O)[O-])c2)cn1. The Kier molecular flexibility index (Phi) is 4.19. The maximum Gasteiger partial charge on any atom is 0.311 e. The molecule has 0 N–H and O–H groups in total. The van der Waals surface area contributed by atoms with Crippen molar-refractivity contribution in [3.63, 3.8) is 0 Å². The molecule has 1 aromatic carbocycles. The van der Waals surface area contributed by atoms with E-state index in [0.29, 0.717) is 11.3 Å². The van der Waals surface area contributed by atoms with Gasteiger partial charge in [0, 0.05) is 12.6 Å². The monoisotopic (exact) mass is 277 g/mol. The molecule has 2 aromatic rings. The molecule has 0 saturated heterocycles. The molecule has 2 rings (SSSR count). The van der Waals surface area contributed by atoms with Crippen LogP contribution in [0.25, 0.3) is 0 Å². The second kappa shape index (κ2) is 6.05. The van der Waals surface area contributed by atoms with E-state index in [-0.39, 0.29) is 18.0 Å². The number of aryl methyl sites for hydroxylation is 1. The molecule has 1 heterocycles. The molecule has 0 fully saturated rings. The molecule has 7 heteroatoms. The Morgan fingerprint density at radius 2 is 2.25 bits per heavy atom. The van der Waals surface area contributed by atoms with Crippen molar-refractivity contribution in [3.05, 3.63) is 46.3 Å². The minimum atomic E-state index is -0.475. The van der Waals surface area contributed by atoms with E-state index in [1.165, 1.54) is 13.2 Å². The average molecular weight is 277 g/mol. The van der Waals surface area contributed by atoms with E-state index in [9.17, 15) is 10.1 Å². The van der Waals surface area contributed by atoms with Gasteiger partial charge < -0.3 is 9.47 Å². The van der Waals surface area contributed by atoms with Crippen molar-refractivity contribution < 1.29 is 14.4 Å². The van der Waals surface area contributed by atoms with Crippen LogP contribution in [0.5, 0.6) is 11.5 Å². The van der Waals surface area contributed by atoms with E-state index in [1.54, 1.807) is 29.2 Å². The Labute approximate surface area is 115 Å². The number of benzene rings is 1. The molecular weight excluding hydrogens is 262 g/mol. The summed E-state index contributed by atoms with van der Waals surface area (Å²) in [5.74, 6) is 0.864. The van der Waals surface area contributed by atoms with E-state index < -0.39 is 4.92 Å². The summed E-state index contributed by atoms with van der Waals surface area (Å²) in [6, 6.07) is 4.74. The summed E-state index contributed by atoms with van der Waals surface area (Å²) in [6.07, 6.45) is 3.39. The minimum absolute atomic E-state index is 0.0714. The fourth-order valence-corrected chi connectivity index (χ4v) is 1.73. The highest BCUT2D eigenvalue weighted by molar-refractivity contribution is 5.48. The zero-order valence-electron chi connectivity index (χ0n) is 11.3. The fraction of sp³-hybridized carbons (Fsp3) is 0.308. The lowest BCUT2D eigenvalue weighted by Crippen LogP contribution is -1.99. The lowest BCUT2D eigenvalue weighted by molar-refractivity contribution is -0.385. The van der Waals surface area contributed by atoms with Crippen LogP contribution in [0.1, 0.15) is 12.5 Å². The van der Waals surface area contributed by atoms with E-state index >= 15 is 0 Å². The van der Waals surface area contributed by atoms with E-state index in [2.05, 4.69) is 5.10 Å². The van der Waals surface area contributed by atoms with Gasteiger partial charge in [0.15, 0.2) is 11.5 Å². The lowest BCUT2D eigenvalue weighted by Gasteiger charge is -2.06. The van der Waals surface area contributed by atoms with Gasteiger partial charge in [-0.3, -0.25) is 14.8 Å². The Balaban J connectivity index is 2.09. The standard InChI is InChI=1S/C13H15N3O4/c1-3-15-8-11(7-14-15)20-9-10-4-5-13(19-2)12(6-10)16(17)18/h4-8H,3,9H2,1-2H3. The third-order valence-corrected chi connectivity index (χ3v) is 2.78. The number of hydrogen-bond acceptors (Lipinski definition) is 5. The van der Waals surface area contributed by atoms with Gasteiger partial charge in [-0.2, -0.15) is 5.10 Å². The van der Waals surface area contributed by atoms with Crippen molar-refractivity contribution in [3.8, 4) is 11.5 Å². The molecule has 0 spiro atoms. The molecule has 0 atom stereocenters. The number of hydrogen-bond donors (Lipinski definition) is 0. The summed E-state index contributed by atoms with van der Waals surface area (Å²) in [5, 5.41) is 15.0. The number of nitrogens with zero attached hydrogens (tertiary/aromatic N) is 3. The molecule has 0 saturated carbocycles. The normalized spacial score (nSPS) is 10.3. The number of nitro groups is 1. The van der Waals surface area contributed by atoms with Gasteiger partial charge in [-0.05, 0) is 18.6 Å². The maximum absolute atomic E-state index is 10.9. The molecule has 0 amide bonds. The predicted octanol–water partition coefficient (Wildman–Crippen LogP) is 2.40. The number of methoxy groups -OCH3 is 1. The van der Waals surface area contributed by atoms with Crippen molar-refractivity contribution in [2.75, 3.05) is 7.11 Å². The molecule has 0 unspecified atom stereocenters. The Bertz CT molecular complexity index is 609. The van der Waals surface area contributed by atoms with Gasteiger partial charge >= 0.3 is 5.69 Å². The van der Waals surface area contributed by atoms with Gasteiger partial charge in [-0.25, -0.2) is 0 Å². The van der Waals surface area contributed by atoms with Crippen LogP contribution in [0.2, 0.25) is 0 Å². The topological polar surface area (TPSA) is 79.4 Å². The lowest BCUT2D eigenvalue weighted by atomic mass is 10.2. The van der Waals surface area contributed by atoms with Crippen LogP contribution < -0.4 is 9.47 Å². The highest BCUT2D eigenvalue weighted by Crippen LogP contribution is 2.27. The van der Waals surface area contributed by atoms with Crippen molar-refractivity contribution >= 4 is 5.69 Å². The largest absolute Gasteiger partial charge is 0.490 e. The van der Waals surface area contributed by atoms with Crippen LogP contribution >= 0.6 is 0 Å². The molecule has 106 valence electrons. The fourth-order valence-electron chi connectivity index (χ4n) is 1.73. The van der Waals surface area contributed by atoms with Gasteiger partial charge in [-0.15, -0.1) is 0 Å². The van der Waals surface area contributed by atoms with Crippen LogP contribution in [0.3, 0.4) is 0 Å².